The number of esters is 1. The van der Waals surface area contributed by atoms with Crippen LogP contribution in [0.15, 0.2) is 42.5 Å². The normalized spacial score (nSPS) is 14.0. The SMILES string of the molecule is CCOC(=O)CC(C)N1CC(=O)N(C)c2ccc(C#Cc3ccc([N+](=O)[O-])cc3)cc2C1=O. The van der Waals surface area contributed by atoms with E-state index >= 15 is 0 Å². The van der Waals surface area contributed by atoms with E-state index in [1.54, 1.807) is 51.2 Å². The molecule has 0 aliphatic carbocycles. The van der Waals surface area contributed by atoms with Crippen molar-refractivity contribution in [3.05, 3.63) is 69.3 Å². The molecule has 0 fully saturated rings. The smallest absolute Gasteiger partial charge is 0.307 e. The standard InChI is InChI=1S/C24H23N3O6/c1-4-33-23(29)13-16(2)26-15-22(28)25(3)21-12-9-18(14-20(21)24(26)30)6-5-17-7-10-19(11-8-17)27(31)32/h7-12,14,16H,4,13,15H2,1-3H3. The Morgan fingerprint density at radius 2 is 1.79 bits per heavy atom. The first-order valence-corrected chi connectivity index (χ1v) is 10.3. The van der Waals surface area contributed by atoms with Gasteiger partial charge < -0.3 is 14.5 Å². The second-order valence-corrected chi connectivity index (χ2v) is 7.53. The molecule has 1 unspecified atom stereocenters. The minimum Gasteiger partial charge on any atom is -0.466 e. The van der Waals surface area contributed by atoms with Gasteiger partial charge in [0.25, 0.3) is 11.6 Å². The molecule has 0 saturated carbocycles. The van der Waals surface area contributed by atoms with Gasteiger partial charge in [0.05, 0.1) is 29.2 Å². The lowest BCUT2D eigenvalue weighted by Gasteiger charge is -2.26. The maximum atomic E-state index is 13.3. The van der Waals surface area contributed by atoms with Crippen molar-refractivity contribution in [3.8, 4) is 11.8 Å². The fraction of sp³-hybridized carbons (Fsp3) is 0.292. The van der Waals surface area contributed by atoms with Crippen LogP contribution in [-0.2, 0) is 14.3 Å². The number of hydrogen-bond acceptors (Lipinski definition) is 6. The lowest BCUT2D eigenvalue weighted by atomic mass is 10.1. The highest BCUT2D eigenvalue weighted by atomic mass is 16.6. The van der Waals surface area contributed by atoms with Gasteiger partial charge in [0.1, 0.15) is 6.54 Å². The summed E-state index contributed by atoms with van der Waals surface area (Å²) >= 11 is 0. The van der Waals surface area contributed by atoms with Gasteiger partial charge in [0.15, 0.2) is 0 Å². The average Bonchev–Trinajstić information content (AvgIpc) is 2.88. The molecule has 0 aromatic heterocycles. The van der Waals surface area contributed by atoms with Crippen LogP contribution in [0.4, 0.5) is 11.4 Å². The van der Waals surface area contributed by atoms with Crippen LogP contribution >= 0.6 is 0 Å². The van der Waals surface area contributed by atoms with Gasteiger partial charge in [-0.25, -0.2) is 0 Å². The molecule has 3 rings (SSSR count). The molecule has 0 radical (unpaired) electrons. The van der Waals surface area contributed by atoms with Crippen molar-refractivity contribution in [3.63, 3.8) is 0 Å². The van der Waals surface area contributed by atoms with E-state index in [4.69, 9.17) is 4.74 Å². The summed E-state index contributed by atoms with van der Waals surface area (Å²) in [6.07, 6.45) is -0.0223. The van der Waals surface area contributed by atoms with Crippen LogP contribution in [0.25, 0.3) is 0 Å². The molecule has 1 aliphatic rings. The average molecular weight is 449 g/mol. The molecule has 1 heterocycles. The Balaban J connectivity index is 1.91. The third kappa shape index (κ3) is 5.36. The Morgan fingerprint density at radius 1 is 1.15 bits per heavy atom. The van der Waals surface area contributed by atoms with Crippen LogP contribution in [0.2, 0.25) is 0 Å². The topological polar surface area (TPSA) is 110 Å². The third-order valence-corrected chi connectivity index (χ3v) is 5.26. The Morgan fingerprint density at radius 3 is 2.42 bits per heavy atom. The first-order chi connectivity index (χ1) is 15.7. The predicted octanol–water partition coefficient (Wildman–Crippen LogP) is 2.75. The summed E-state index contributed by atoms with van der Waals surface area (Å²) < 4.78 is 4.97. The minimum atomic E-state index is -0.533. The van der Waals surface area contributed by atoms with Crippen molar-refractivity contribution in [2.24, 2.45) is 0 Å². The number of hydrogen-bond donors (Lipinski definition) is 0. The number of carbonyl (C=O) groups is 3. The van der Waals surface area contributed by atoms with Crippen molar-refractivity contribution in [1.82, 2.24) is 4.90 Å². The molecule has 1 atom stereocenters. The molecule has 33 heavy (non-hydrogen) atoms. The fourth-order valence-corrected chi connectivity index (χ4v) is 3.43. The predicted molar refractivity (Wildman–Crippen MR) is 121 cm³/mol. The number of rotatable bonds is 5. The van der Waals surface area contributed by atoms with Gasteiger partial charge in [-0.1, -0.05) is 11.8 Å². The zero-order valence-electron chi connectivity index (χ0n) is 18.5. The molecular formula is C24H23N3O6. The summed E-state index contributed by atoms with van der Waals surface area (Å²) in [7, 11) is 1.59. The van der Waals surface area contributed by atoms with Gasteiger partial charge in [-0.2, -0.15) is 0 Å². The second-order valence-electron chi connectivity index (χ2n) is 7.53. The number of nitro groups is 1. The van der Waals surface area contributed by atoms with Crippen LogP contribution in [0.1, 0.15) is 41.8 Å². The highest BCUT2D eigenvalue weighted by molar-refractivity contribution is 6.09. The van der Waals surface area contributed by atoms with Gasteiger partial charge in [0, 0.05) is 36.3 Å². The molecule has 170 valence electrons. The molecule has 2 aromatic carbocycles. The summed E-state index contributed by atoms with van der Waals surface area (Å²) in [5, 5.41) is 10.8. The van der Waals surface area contributed by atoms with Crippen LogP contribution in [0.5, 0.6) is 0 Å². The molecule has 1 aliphatic heterocycles. The summed E-state index contributed by atoms with van der Waals surface area (Å²) in [6, 6.07) is 10.3. The number of ether oxygens (including phenoxy) is 1. The number of carbonyl (C=O) groups excluding carboxylic acids is 3. The molecule has 9 nitrogen and oxygen atoms in total. The Bertz CT molecular complexity index is 1160. The van der Waals surface area contributed by atoms with Crippen LogP contribution in [0.3, 0.4) is 0 Å². The van der Waals surface area contributed by atoms with E-state index in [9.17, 15) is 24.5 Å². The molecule has 0 bridgehead atoms. The van der Waals surface area contributed by atoms with Crippen LogP contribution in [0, 0.1) is 22.0 Å². The van der Waals surface area contributed by atoms with Crippen molar-refractivity contribution < 1.29 is 24.0 Å². The first-order valence-electron chi connectivity index (χ1n) is 10.3. The first kappa shape index (κ1) is 23.5. The van der Waals surface area contributed by atoms with Gasteiger partial charge in [-0.15, -0.1) is 0 Å². The summed E-state index contributed by atoms with van der Waals surface area (Å²) in [5.41, 5.74) is 1.85. The Kier molecular flexibility index (Phi) is 7.08. The van der Waals surface area contributed by atoms with Gasteiger partial charge in [-0.3, -0.25) is 24.5 Å². The number of amides is 2. The number of anilines is 1. The van der Waals surface area contributed by atoms with Crippen molar-refractivity contribution in [2.45, 2.75) is 26.3 Å². The van der Waals surface area contributed by atoms with Crippen LogP contribution in [-0.4, -0.2) is 53.8 Å². The van der Waals surface area contributed by atoms with Gasteiger partial charge in [-0.05, 0) is 44.2 Å². The van der Waals surface area contributed by atoms with E-state index in [2.05, 4.69) is 11.8 Å². The van der Waals surface area contributed by atoms with Crippen molar-refractivity contribution in [1.29, 1.82) is 0 Å². The molecular weight excluding hydrogens is 426 g/mol. The quantitative estimate of drug-likeness (QED) is 0.300. The number of likely N-dealkylation sites (N-methyl/N-ethyl adjacent to an activating group) is 1. The summed E-state index contributed by atoms with van der Waals surface area (Å²) in [6.45, 7) is 3.48. The lowest BCUT2D eigenvalue weighted by Crippen LogP contribution is -2.44. The van der Waals surface area contributed by atoms with E-state index in [1.165, 1.54) is 21.9 Å². The fourth-order valence-electron chi connectivity index (χ4n) is 3.43. The van der Waals surface area contributed by atoms with Crippen LogP contribution < -0.4 is 4.90 Å². The Labute approximate surface area is 191 Å². The minimum absolute atomic E-state index is 0.0223. The maximum absolute atomic E-state index is 13.3. The lowest BCUT2D eigenvalue weighted by molar-refractivity contribution is -0.384. The van der Waals surface area contributed by atoms with E-state index in [0.717, 1.165) is 0 Å². The molecule has 2 aromatic rings. The highest BCUT2D eigenvalue weighted by Gasteiger charge is 2.33. The van der Waals surface area contributed by atoms with E-state index < -0.39 is 16.9 Å². The van der Waals surface area contributed by atoms with E-state index in [0.29, 0.717) is 22.4 Å². The number of non-ortho nitro benzene ring substituents is 1. The molecule has 2 amide bonds. The van der Waals surface area contributed by atoms with Crippen molar-refractivity contribution >= 4 is 29.2 Å². The monoisotopic (exact) mass is 449 g/mol. The number of benzene rings is 2. The van der Waals surface area contributed by atoms with Gasteiger partial charge in [0.2, 0.25) is 5.91 Å². The van der Waals surface area contributed by atoms with E-state index in [1.807, 2.05) is 0 Å². The molecule has 0 N–H and O–H groups in total. The van der Waals surface area contributed by atoms with Crippen molar-refractivity contribution in [2.75, 3.05) is 25.1 Å². The number of nitro benzene ring substituents is 1. The number of fused-ring (bicyclic) bond motifs is 1. The molecule has 9 heteroatoms. The second kappa shape index (κ2) is 9.96. The zero-order valence-corrected chi connectivity index (χ0v) is 18.5. The molecule has 0 spiro atoms. The maximum Gasteiger partial charge on any atom is 0.307 e. The third-order valence-electron chi connectivity index (χ3n) is 5.26. The highest BCUT2D eigenvalue weighted by Crippen LogP contribution is 2.27. The van der Waals surface area contributed by atoms with E-state index in [-0.39, 0.29) is 37.1 Å². The number of nitrogens with zero attached hydrogens (tertiary/aromatic N) is 3. The largest absolute Gasteiger partial charge is 0.466 e. The summed E-state index contributed by atoms with van der Waals surface area (Å²) in [4.78, 5) is 51.0. The molecule has 0 saturated heterocycles. The van der Waals surface area contributed by atoms with Gasteiger partial charge >= 0.3 is 5.97 Å². The Hall–Kier alpha value is -4.19. The zero-order chi connectivity index (χ0) is 24.1. The summed E-state index contributed by atoms with van der Waals surface area (Å²) in [5.74, 6) is 4.78.